The van der Waals surface area contributed by atoms with Crippen LogP contribution in [0, 0.1) is 9.39 Å². The van der Waals surface area contributed by atoms with Crippen molar-refractivity contribution >= 4 is 23.3 Å². The van der Waals surface area contributed by atoms with Gasteiger partial charge in [0.1, 0.15) is 5.82 Å². The fraction of sp³-hybridized carbons (Fsp3) is 0.258. The molecule has 0 bridgehead atoms. The number of hydrogen-bond acceptors (Lipinski definition) is 7. The SMILES string of the molecule is O=C(O)c1ccc2c(c1)N(Cc1cnoc1)C(CN1CCC(c3cccc(OCc4ccc(Cl)cc4F)n3)CC1)=C[I-]2. The Morgan fingerprint density at radius 1 is 1.14 bits per heavy atom. The molecule has 1 N–H and O–H groups in total. The molecule has 2 aliphatic heterocycles. The van der Waals surface area contributed by atoms with Gasteiger partial charge in [0.05, 0.1) is 0 Å². The van der Waals surface area contributed by atoms with Gasteiger partial charge in [-0.1, -0.05) is 17.7 Å². The molecule has 11 heteroatoms. The fourth-order valence-corrected chi connectivity index (χ4v) is 7.76. The molecule has 218 valence electrons. The first-order valence-corrected chi connectivity index (χ1v) is 16.2. The van der Waals surface area contributed by atoms with Crippen LogP contribution in [0.5, 0.6) is 5.88 Å². The van der Waals surface area contributed by atoms with Gasteiger partial charge in [-0.25, -0.2) is 4.39 Å². The molecule has 4 heterocycles. The van der Waals surface area contributed by atoms with Crippen molar-refractivity contribution in [2.75, 3.05) is 24.5 Å². The molecule has 1 saturated heterocycles. The molecule has 0 aliphatic carbocycles. The number of carboxylic acids is 1. The van der Waals surface area contributed by atoms with E-state index in [1.807, 2.05) is 18.2 Å². The summed E-state index contributed by atoms with van der Waals surface area (Å²) in [5.41, 5.74) is 4.76. The molecule has 0 atom stereocenters. The Hall–Kier alpha value is -3.48. The number of fused-ring (bicyclic) bond motifs is 1. The average Bonchev–Trinajstić information content (AvgIpc) is 3.51. The van der Waals surface area contributed by atoms with Crippen LogP contribution in [0.2, 0.25) is 5.02 Å². The van der Waals surface area contributed by atoms with Crippen molar-refractivity contribution in [3.8, 4) is 5.88 Å². The van der Waals surface area contributed by atoms with E-state index >= 15 is 0 Å². The zero-order valence-corrected chi connectivity index (χ0v) is 25.5. The molecule has 2 aliphatic rings. The second-order valence-corrected chi connectivity index (χ2v) is 13.1. The number of carboxylic acid groups (broad SMARTS) is 1. The van der Waals surface area contributed by atoms with Crippen molar-refractivity contribution < 1.29 is 44.8 Å². The molecule has 8 nitrogen and oxygen atoms in total. The molecule has 6 rings (SSSR count). The predicted octanol–water partition coefficient (Wildman–Crippen LogP) is 3.14. The van der Waals surface area contributed by atoms with Crippen LogP contribution in [0.4, 0.5) is 10.1 Å². The number of anilines is 1. The minimum absolute atomic E-state index is 0.0815. The number of nitrogens with zero attached hydrogens (tertiary/aromatic N) is 4. The zero-order valence-electron chi connectivity index (χ0n) is 22.6. The molecule has 42 heavy (non-hydrogen) atoms. The summed E-state index contributed by atoms with van der Waals surface area (Å²) in [7, 11) is 0. The van der Waals surface area contributed by atoms with Crippen LogP contribution in [0.3, 0.4) is 0 Å². The normalized spacial score (nSPS) is 16.0. The number of hydrogen-bond donors (Lipinski definition) is 1. The molecular weight excluding hydrogens is 674 g/mol. The van der Waals surface area contributed by atoms with Gasteiger partial charge in [-0.05, 0) is 12.1 Å². The third-order valence-corrected chi connectivity index (χ3v) is 10.3. The molecule has 0 saturated carbocycles. The van der Waals surface area contributed by atoms with E-state index in [1.165, 1.54) is 15.3 Å². The van der Waals surface area contributed by atoms with Crippen LogP contribution in [0.1, 0.15) is 45.9 Å². The topological polar surface area (TPSA) is 91.9 Å². The second kappa shape index (κ2) is 12.8. The number of piperidine rings is 1. The Morgan fingerprint density at radius 2 is 2.00 bits per heavy atom. The van der Waals surface area contributed by atoms with Crippen LogP contribution in [0.15, 0.2) is 81.4 Å². The van der Waals surface area contributed by atoms with E-state index < -0.39 is 11.8 Å². The quantitative estimate of drug-likeness (QED) is 0.267. The second-order valence-electron chi connectivity index (χ2n) is 10.3. The first kappa shape index (κ1) is 28.6. The monoisotopic (exact) mass is 701 g/mol. The number of halogens is 3. The molecule has 1 fully saturated rings. The van der Waals surface area contributed by atoms with Crippen LogP contribution >= 0.6 is 11.6 Å². The van der Waals surface area contributed by atoms with Crippen LogP contribution in [-0.4, -0.2) is 45.8 Å². The van der Waals surface area contributed by atoms with Crippen molar-refractivity contribution in [1.82, 2.24) is 15.0 Å². The molecule has 0 amide bonds. The minimum atomic E-state index is -0.931. The summed E-state index contributed by atoms with van der Waals surface area (Å²) < 4.78 is 28.6. The summed E-state index contributed by atoms with van der Waals surface area (Å²) in [6.07, 6.45) is 5.24. The Balaban J connectivity index is 1.10. The molecule has 0 radical (unpaired) electrons. The Bertz CT molecular complexity index is 1610. The fourth-order valence-electron chi connectivity index (χ4n) is 5.22. The summed E-state index contributed by atoms with van der Waals surface area (Å²) in [5, 5.41) is 13.8. The Labute approximate surface area is 258 Å². The summed E-state index contributed by atoms with van der Waals surface area (Å²) >= 11 is 5.46. The summed E-state index contributed by atoms with van der Waals surface area (Å²) in [6, 6.07) is 15.7. The number of aromatic nitrogens is 2. The zero-order chi connectivity index (χ0) is 29.1. The third-order valence-electron chi connectivity index (χ3n) is 7.48. The van der Waals surface area contributed by atoms with Crippen molar-refractivity contribution in [3.63, 3.8) is 0 Å². The number of aromatic carboxylic acids is 1. The number of carbonyl (C=O) groups is 1. The van der Waals surface area contributed by atoms with Gasteiger partial charge in [0.25, 0.3) is 0 Å². The number of benzene rings is 2. The summed E-state index contributed by atoms with van der Waals surface area (Å²) in [4.78, 5) is 21.1. The predicted molar refractivity (Wildman–Crippen MR) is 151 cm³/mol. The van der Waals surface area contributed by atoms with Crippen molar-refractivity contribution in [1.29, 1.82) is 0 Å². The average molecular weight is 702 g/mol. The van der Waals surface area contributed by atoms with E-state index in [0.29, 0.717) is 28.9 Å². The van der Waals surface area contributed by atoms with Crippen molar-refractivity contribution in [3.05, 3.63) is 114 Å². The van der Waals surface area contributed by atoms with Crippen molar-refractivity contribution in [2.45, 2.75) is 31.9 Å². The number of likely N-dealkylation sites (tertiary alicyclic amines) is 1. The van der Waals surface area contributed by atoms with E-state index in [0.717, 1.165) is 49.4 Å². The summed E-state index contributed by atoms with van der Waals surface area (Å²) in [5.74, 6) is -0.549. The van der Waals surface area contributed by atoms with Gasteiger partial charge >= 0.3 is 208 Å². The molecule has 0 spiro atoms. The number of pyridine rings is 1. The van der Waals surface area contributed by atoms with E-state index in [9.17, 15) is 14.3 Å². The summed E-state index contributed by atoms with van der Waals surface area (Å²) in [6.45, 7) is 3.23. The van der Waals surface area contributed by atoms with Gasteiger partial charge in [0.15, 0.2) is 0 Å². The van der Waals surface area contributed by atoms with Crippen LogP contribution in [-0.2, 0) is 13.2 Å². The standard InChI is InChI=1S/C31H28ClFIN4O4/c32-24-6-4-23(26(33)13-24)19-41-30-3-1-2-28(36-30)21-8-10-37(11-9-21)17-25-14-34-27-7-5-22(31(39)40)12-29(27)38(25)16-20-15-35-42-18-20/h1-7,12-15,18,21H,8-11,16-17,19H2,(H,39,40)/q-1. The van der Waals surface area contributed by atoms with Gasteiger partial charge in [0, 0.05) is 10.6 Å². The van der Waals surface area contributed by atoms with E-state index in [-0.39, 0.29) is 33.4 Å². The number of ether oxygens (including phenoxy) is 1. The van der Waals surface area contributed by atoms with Crippen molar-refractivity contribution in [2.24, 2.45) is 0 Å². The Kier molecular flexibility index (Phi) is 8.73. The molecule has 4 aromatic rings. The van der Waals surface area contributed by atoms with E-state index in [2.05, 4.69) is 19.0 Å². The van der Waals surface area contributed by atoms with Gasteiger partial charge in [-0.2, -0.15) is 0 Å². The van der Waals surface area contributed by atoms with Gasteiger partial charge in [-0.15, -0.1) is 0 Å². The maximum atomic E-state index is 14.1. The molecule has 0 unspecified atom stereocenters. The van der Waals surface area contributed by atoms with Crippen LogP contribution < -0.4 is 30.8 Å². The first-order valence-electron chi connectivity index (χ1n) is 13.5. The Morgan fingerprint density at radius 3 is 2.76 bits per heavy atom. The van der Waals surface area contributed by atoms with Gasteiger partial charge in [0.2, 0.25) is 0 Å². The molecule has 2 aromatic heterocycles. The maximum absolute atomic E-state index is 14.1. The van der Waals surface area contributed by atoms with Gasteiger partial charge in [-0.3, -0.25) is 0 Å². The van der Waals surface area contributed by atoms with E-state index in [4.69, 9.17) is 25.8 Å². The van der Waals surface area contributed by atoms with E-state index in [1.54, 1.807) is 42.8 Å². The third kappa shape index (κ3) is 6.61. The number of rotatable bonds is 9. The van der Waals surface area contributed by atoms with Gasteiger partial charge < -0.3 is 0 Å². The first-order chi connectivity index (χ1) is 20.4. The van der Waals surface area contributed by atoms with Crippen LogP contribution in [0.25, 0.3) is 0 Å². The molecular formula is C31H28ClFIN4O4-. The molecule has 2 aromatic carbocycles.